The molecular formula is C27H31N5O4. The summed E-state index contributed by atoms with van der Waals surface area (Å²) < 4.78 is 13.1. The maximum atomic E-state index is 13.6. The molecule has 0 radical (unpaired) electrons. The number of hydrogen-bond acceptors (Lipinski definition) is 6. The number of benzene rings is 1. The van der Waals surface area contributed by atoms with E-state index in [-0.39, 0.29) is 13.2 Å². The second kappa shape index (κ2) is 10.6. The van der Waals surface area contributed by atoms with Gasteiger partial charge in [-0.3, -0.25) is 9.59 Å². The Morgan fingerprint density at radius 2 is 1.81 bits per heavy atom. The highest BCUT2D eigenvalue weighted by atomic mass is 16.7. The van der Waals surface area contributed by atoms with E-state index in [1.807, 2.05) is 42.6 Å². The summed E-state index contributed by atoms with van der Waals surface area (Å²) in [6.45, 7) is 0.416. The molecule has 9 heteroatoms. The average Bonchev–Trinajstić information content (AvgIpc) is 3.61. The number of aromatic nitrogens is 3. The lowest BCUT2D eigenvalue weighted by Crippen LogP contribution is -2.61. The second-order valence-electron chi connectivity index (χ2n) is 9.34. The number of rotatable bonds is 8. The van der Waals surface area contributed by atoms with Crippen LogP contribution in [0.5, 0.6) is 0 Å². The predicted molar refractivity (Wildman–Crippen MR) is 132 cm³/mol. The minimum atomic E-state index is -1.76. The van der Waals surface area contributed by atoms with Crippen LogP contribution in [-0.2, 0) is 20.7 Å². The number of primary amides is 1. The molecule has 1 atom stereocenters. The fourth-order valence-electron chi connectivity index (χ4n) is 5.14. The minimum Gasteiger partial charge on any atom is -0.365 e. The summed E-state index contributed by atoms with van der Waals surface area (Å²) in [5.74, 6) is -2.11. The van der Waals surface area contributed by atoms with Gasteiger partial charge in [0.2, 0.25) is 0 Å². The van der Waals surface area contributed by atoms with Crippen LogP contribution < -0.4 is 11.1 Å². The molecule has 1 saturated heterocycles. The minimum absolute atomic E-state index is 0.208. The average molecular weight is 490 g/mol. The summed E-state index contributed by atoms with van der Waals surface area (Å²) in [5, 5.41) is 7.72. The quantitative estimate of drug-likeness (QED) is 0.502. The zero-order valence-electron chi connectivity index (χ0n) is 20.1. The molecule has 0 bridgehead atoms. The first-order chi connectivity index (χ1) is 17.6. The Morgan fingerprint density at radius 3 is 2.53 bits per heavy atom. The molecule has 3 aromatic rings. The maximum Gasteiger partial charge on any atom is 0.280 e. The van der Waals surface area contributed by atoms with Gasteiger partial charge in [0.25, 0.3) is 17.6 Å². The van der Waals surface area contributed by atoms with E-state index >= 15 is 0 Å². The molecule has 1 aliphatic heterocycles. The Morgan fingerprint density at radius 1 is 1.06 bits per heavy atom. The fraction of sp³-hybridized carbons (Fsp3) is 0.407. The first kappa shape index (κ1) is 24.1. The Hall–Kier alpha value is -3.56. The van der Waals surface area contributed by atoms with E-state index in [4.69, 9.17) is 20.3 Å². The number of carbonyl (C=O) groups excluding carboxylic acids is 2. The van der Waals surface area contributed by atoms with Gasteiger partial charge in [0, 0.05) is 18.3 Å². The molecular weight excluding hydrogens is 458 g/mol. The zero-order chi connectivity index (χ0) is 25.0. The maximum absolute atomic E-state index is 13.6. The molecule has 188 valence electrons. The molecule has 2 amide bonds. The third-order valence-electron chi connectivity index (χ3n) is 6.99. The van der Waals surface area contributed by atoms with Crippen molar-refractivity contribution in [3.63, 3.8) is 0 Å². The van der Waals surface area contributed by atoms with Gasteiger partial charge < -0.3 is 20.5 Å². The molecule has 9 nitrogen and oxygen atoms in total. The lowest BCUT2D eigenvalue weighted by molar-refractivity contribution is -0.189. The van der Waals surface area contributed by atoms with Crippen molar-refractivity contribution in [1.82, 2.24) is 20.1 Å². The molecule has 1 aliphatic carbocycles. The van der Waals surface area contributed by atoms with Crippen molar-refractivity contribution in [3.05, 3.63) is 77.7 Å². The standard InChI is InChI=1S/C27H31N5O4/c28-26(34)27(35-16-17-36-27)23(18-19-8-3-1-4-9-19)30-25(33)21-12-7-14-29-24(21)32-15-13-22(31-32)20-10-5-2-6-11-20/h1,3-4,7-9,12-15,20,23H,2,5-6,10-11,16-18H2,(H2,28,34)(H,30,33). The third-order valence-corrected chi connectivity index (χ3v) is 6.99. The van der Waals surface area contributed by atoms with E-state index in [9.17, 15) is 9.59 Å². The highest BCUT2D eigenvalue weighted by molar-refractivity contribution is 5.98. The number of nitrogens with zero attached hydrogens (tertiary/aromatic N) is 3. The number of amides is 2. The van der Waals surface area contributed by atoms with Crippen LogP contribution in [0.25, 0.3) is 5.82 Å². The van der Waals surface area contributed by atoms with Gasteiger partial charge in [-0.15, -0.1) is 0 Å². The van der Waals surface area contributed by atoms with Crippen molar-refractivity contribution in [1.29, 1.82) is 0 Å². The van der Waals surface area contributed by atoms with Gasteiger partial charge in [-0.25, -0.2) is 9.67 Å². The van der Waals surface area contributed by atoms with Crippen LogP contribution in [0.1, 0.15) is 59.6 Å². The molecule has 2 aliphatic rings. The molecule has 1 saturated carbocycles. The summed E-state index contributed by atoms with van der Waals surface area (Å²) in [5.41, 5.74) is 7.98. The van der Waals surface area contributed by atoms with Gasteiger partial charge in [0.15, 0.2) is 5.82 Å². The normalized spacial score (nSPS) is 18.6. The van der Waals surface area contributed by atoms with Gasteiger partial charge in [-0.05, 0) is 43.0 Å². The number of hydrogen-bond donors (Lipinski definition) is 2. The van der Waals surface area contributed by atoms with Crippen molar-refractivity contribution in [2.75, 3.05) is 13.2 Å². The Kier molecular flexibility index (Phi) is 7.11. The molecule has 36 heavy (non-hydrogen) atoms. The van der Waals surface area contributed by atoms with Gasteiger partial charge >= 0.3 is 0 Å². The lowest BCUT2D eigenvalue weighted by Gasteiger charge is -2.33. The molecule has 2 fully saturated rings. The molecule has 5 rings (SSSR count). The van der Waals surface area contributed by atoms with Crippen LogP contribution in [0.4, 0.5) is 0 Å². The van der Waals surface area contributed by atoms with Crippen LogP contribution in [0.3, 0.4) is 0 Å². The van der Waals surface area contributed by atoms with E-state index in [2.05, 4.69) is 10.3 Å². The SMILES string of the molecule is NC(=O)C1(C(Cc2ccccc2)NC(=O)c2cccnc2-n2ccc(C3CCCCC3)n2)OCCO1. The third kappa shape index (κ3) is 4.89. The van der Waals surface area contributed by atoms with Crippen LogP contribution in [0.2, 0.25) is 0 Å². The van der Waals surface area contributed by atoms with Crippen molar-refractivity contribution >= 4 is 11.8 Å². The van der Waals surface area contributed by atoms with Crippen LogP contribution in [0, 0.1) is 0 Å². The van der Waals surface area contributed by atoms with E-state index in [0.717, 1.165) is 24.1 Å². The number of ether oxygens (including phenoxy) is 2. The Balaban J connectivity index is 1.43. The van der Waals surface area contributed by atoms with E-state index in [1.54, 1.807) is 23.0 Å². The second-order valence-corrected chi connectivity index (χ2v) is 9.34. The molecule has 0 spiro atoms. The van der Waals surface area contributed by atoms with Gasteiger partial charge in [-0.1, -0.05) is 49.6 Å². The fourth-order valence-corrected chi connectivity index (χ4v) is 5.14. The Bertz CT molecular complexity index is 1200. The van der Waals surface area contributed by atoms with Crippen LogP contribution in [-0.4, -0.2) is 51.6 Å². The first-order valence-electron chi connectivity index (χ1n) is 12.5. The number of carbonyl (C=O) groups is 2. The zero-order valence-corrected chi connectivity index (χ0v) is 20.1. The summed E-state index contributed by atoms with van der Waals surface area (Å²) in [7, 11) is 0. The summed E-state index contributed by atoms with van der Waals surface area (Å²) >= 11 is 0. The van der Waals surface area contributed by atoms with Crippen molar-refractivity contribution in [3.8, 4) is 5.82 Å². The highest BCUT2D eigenvalue weighted by Crippen LogP contribution is 2.32. The van der Waals surface area contributed by atoms with Crippen molar-refractivity contribution in [2.45, 2.75) is 56.3 Å². The van der Waals surface area contributed by atoms with E-state index in [1.165, 1.54) is 19.3 Å². The predicted octanol–water partition coefficient (Wildman–Crippen LogP) is 2.88. The number of nitrogens with two attached hydrogens (primary N) is 1. The van der Waals surface area contributed by atoms with Gasteiger partial charge in [0.05, 0.1) is 30.5 Å². The van der Waals surface area contributed by atoms with Gasteiger partial charge in [-0.2, -0.15) is 5.10 Å². The largest absolute Gasteiger partial charge is 0.365 e. The first-order valence-corrected chi connectivity index (χ1v) is 12.5. The molecule has 2 aromatic heterocycles. The number of pyridine rings is 1. The van der Waals surface area contributed by atoms with Crippen LogP contribution >= 0.6 is 0 Å². The molecule has 1 unspecified atom stereocenters. The molecule has 1 aromatic carbocycles. The Labute approximate surface area is 210 Å². The lowest BCUT2D eigenvalue weighted by atomic mass is 9.87. The van der Waals surface area contributed by atoms with Gasteiger partial charge in [0.1, 0.15) is 0 Å². The number of nitrogens with one attached hydrogen (secondary N) is 1. The smallest absolute Gasteiger partial charge is 0.280 e. The molecule has 3 heterocycles. The van der Waals surface area contributed by atoms with Crippen molar-refractivity contribution < 1.29 is 19.1 Å². The topological polar surface area (TPSA) is 121 Å². The molecule has 3 N–H and O–H groups in total. The van der Waals surface area contributed by atoms with E-state index in [0.29, 0.717) is 23.7 Å². The highest BCUT2D eigenvalue weighted by Gasteiger charge is 2.51. The van der Waals surface area contributed by atoms with E-state index < -0.39 is 23.6 Å². The monoisotopic (exact) mass is 489 g/mol. The summed E-state index contributed by atoms with van der Waals surface area (Å²) in [6.07, 6.45) is 9.71. The summed E-state index contributed by atoms with van der Waals surface area (Å²) in [6, 6.07) is 14.0. The van der Waals surface area contributed by atoms with Crippen molar-refractivity contribution in [2.24, 2.45) is 5.73 Å². The summed E-state index contributed by atoms with van der Waals surface area (Å²) in [4.78, 5) is 30.6. The van der Waals surface area contributed by atoms with Crippen LogP contribution in [0.15, 0.2) is 60.9 Å².